The molecule has 2 saturated heterocycles. The number of carbonyl (C=O) groups excluding carboxylic acids is 4. The summed E-state index contributed by atoms with van der Waals surface area (Å²) in [6, 6.07) is 33.6. The monoisotopic (exact) mass is 653 g/mol. The number of anilines is 2. The maximum absolute atomic E-state index is 13.4. The third-order valence-corrected chi connectivity index (χ3v) is 9.48. The molecule has 9 nitrogen and oxygen atoms in total. The summed E-state index contributed by atoms with van der Waals surface area (Å²) in [5, 5.41) is 7.04. The summed E-state index contributed by atoms with van der Waals surface area (Å²) in [4.78, 5) is 59.7. The van der Waals surface area contributed by atoms with Crippen LogP contribution in [0.25, 0.3) is 22.2 Å². The number of amides is 4. The summed E-state index contributed by atoms with van der Waals surface area (Å²) in [6.45, 7) is 1.15. The van der Waals surface area contributed by atoms with Crippen molar-refractivity contribution >= 4 is 45.9 Å². The summed E-state index contributed by atoms with van der Waals surface area (Å²) in [5.41, 5.74) is 5.78. The molecule has 4 amide bonds. The summed E-state index contributed by atoms with van der Waals surface area (Å²) < 4.78 is 0. The van der Waals surface area contributed by atoms with Gasteiger partial charge in [-0.1, -0.05) is 78.9 Å². The van der Waals surface area contributed by atoms with Crippen molar-refractivity contribution in [2.45, 2.75) is 50.6 Å². The molecule has 0 radical (unpaired) electrons. The molecule has 1 aromatic heterocycles. The predicted octanol–water partition coefficient (Wildman–Crippen LogP) is 6.18. The highest BCUT2D eigenvalue weighted by Gasteiger charge is 2.35. The fourth-order valence-electron chi connectivity index (χ4n) is 7.00. The van der Waals surface area contributed by atoms with E-state index in [1.165, 1.54) is 0 Å². The summed E-state index contributed by atoms with van der Waals surface area (Å²) in [6.07, 6.45) is 3.41. The van der Waals surface area contributed by atoms with Gasteiger partial charge in [0, 0.05) is 46.6 Å². The zero-order valence-corrected chi connectivity index (χ0v) is 27.2. The van der Waals surface area contributed by atoms with Crippen molar-refractivity contribution in [2.75, 3.05) is 23.7 Å². The van der Waals surface area contributed by atoms with Gasteiger partial charge in [0.2, 0.25) is 23.6 Å². The molecule has 0 aliphatic carbocycles. The van der Waals surface area contributed by atoms with Gasteiger partial charge in [-0.15, -0.1) is 0 Å². The molecule has 0 bridgehead atoms. The van der Waals surface area contributed by atoms with Crippen LogP contribution in [0.15, 0.2) is 109 Å². The van der Waals surface area contributed by atoms with Gasteiger partial charge < -0.3 is 25.4 Å². The van der Waals surface area contributed by atoms with E-state index in [4.69, 9.17) is 0 Å². The average molecular weight is 654 g/mol. The highest BCUT2D eigenvalue weighted by molar-refractivity contribution is 6.00. The standard InChI is InChI=1S/C40H39N5O4/c46-37(22-27-10-3-1-4-11-27)44-20-8-16-35(44)39(48)41-31-15-7-14-29(24-31)33-25-30-18-19-32(26-34(30)43-33)42-40(49)36-17-9-21-45(36)38(47)23-28-12-5-2-6-13-28/h1-7,10-15,18-19,24-26,35-36,43H,8-9,16-17,20-23H2,(H,41,48)(H,42,49)/t35-,36-/m0/s1. The van der Waals surface area contributed by atoms with Crippen LogP contribution in [0.3, 0.4) is 0 Å². The summed E-state index contributed by atoms with van der Waals surface area (Å²) in [5.74, 6) is -0.445. The lowest BCUT2D eigenvalue weighted by Crippen LogP contribution is -2.43. The number of likely N-dealkylation sites (tertiary alicyclic amines) is 2. The van der Waals surface area contributed by atoms with Crippen molar-refractivity contribution in [3.05, 3.63) is 120 Å². The number of hydrogen-bond acceptors (Lipinski definition) is 4. The Morgan fingerprint density at radius 3 is 1.73 bits per heavy atom. The largest absolute Gasteiger partial charge is 0.354 e. The molecular weight excluding hydrogens is 614 g/mol. The highest BCUT2D eigenvalue weighted by Crippen LogP contribution is 2.29. The molecule has 7 rings (SSSR count). The lowest BCUT2D eigenvalue weighted by molar-refractivity contribution is -0.136. The van der Waals surface area contributed by atoms with Gasteiger partial charge >= 0.3 is 0 Å². The highest BCUT2D eigenvalue weighted by atomic mass is 16.2. The van der Waals surface area contributed by atoms with E-state index < -0.39 is 12.1 Å². The minimum Gasteiger partial charge on any atom is -0.354 e. The Morgan fingerprint density at radius 2 is 1.16 bits per heavy atom. The molecule has 0 spiro atoms. The van der Waals surface area contributed by atoms with Gasteiger partial charge in [-0.3, -0.25) is 19.2 Å². The lowest BCUT2D eigenvalue weighted by atomic mass is 10.1. The molecule has 5 aromatic rings. The van der Waals surface area contributed by atoms with Gasteiger partial charge in [0.05, 0.1) is 12.8 Å². The number of carbonyl (C=O) groups is 4. The first-order valence-corrected chi connectivity index (χ1v) is 16.9. The lowest BCUT2D eigenvalue weighted by Gasteiger charge is -2.24. The van der Waals surface area contributed by atoms with Crippen LogP contribution in [0.5, 0.6) is 0 Å². The molecule has 248 valence electrons. The molecule has 49 heavy (non-hydrogen) atoms. The Hall–Kier alpha value is -5.70. The zero-order valence-electron chi connectivity index (χ0n) is 27.2. The minimum atomic E-state index is -0.500. The Kier molecular flexibility index (Phi) is 9.23. The topological polar surface area (TPSA) is 115 Å². The Labute approximate surface area is 285 Å². The molecular formula is C40H39N5O4. The first-order valence-electron chi connectivity index (χ1n) is 16.9. The number of aromatic amines is 1. The fraction of sp³-hybridized carbons (Fsp3) is 0.250. The van der Waals surface area contributed by atoms with Crippen LogP contribution in [0.4, 0.5) is 11.4 Å². The van der Waals surface area contributed by atoms with E-state index >= 15 is 0 Å². The second kappa shape index (κ2) is 14.2. The van der Waals surface area contributed by atoms with Gasteiger partial charge in [-0.05, 0) is 67.1 Å². The van der Waals surface area contributed by atoms with E-state index in [1.807, 2.05) is 109 Å². The van der Waals surface area contributed by atoms with E-state index in [9.17, 15) is 19.2 Å². The third kappa shape index (κ3) is 7.26. The van der Waals surface area contributed by atoms with Crippen molar-refractivity contribution in [2.24, 2.45) is 0 Å². The molecule has 2 atom stereocenters. The molecule has 3 heterocycles. The van der Waals surface area contributed by atoms with Crippen molar-refractivity contribution in [3.8, 4) is 11.3 Å². The number of nitrogens with one attached hydrogen (secondary N) is 3. The van der Waals surface area contributed by atoms with Gasteiger partial charge in [0.15, 0.2) is 0 Å². The minimum absolute atomic E-state index is 0.0381. The van der Waals surface area contributed by atoms with E-state index in [0.717, 1.165) is 46.1 Å². The van der Waals surface area contributed by atoms with Crippen LogP contribution in [0.1, 0.15) is 36.8 Å². The van der Waals surface area contributed by atoms with Crippen molar-refractivity contribution in [1.82, 2.24) is 14.8 Å². The van der Waals surface area contributed by atoms with Crippen LogP contribution >= 0.6 is 0 Å². The van der Waals surface area contributed by atoms with Crippen molar-refractivity contribution < 1.29 is 19.2 Å². The number of nitrogens with zero attached hydrogens (tertiary/aromatic N) is 2. The van der Waals surface area contributed by atoms with Gasteiger partial charge in [0.1, 0.15) is 12.1 Å². The van der Waals surface area contributed by atoms with E-state index in [1.54, 1.807) is 9.80 Å². The van der Waals surface area contributed by atoms with Gasteiger partial charge in [0.25, 0.3) is 0 Å². The second-order valence-corrected chi connectivity index (χ2v) is 12.9. The summed E-state index contributed by atoms with van der Waals surface area (Å²) >= 11 is 0. The van der Waals surface area contributed by atoms with Crippen molar-refractivity contribution in [3.63, 3.8) is 0 Å². The first kappa shape index (κ1) is 31.9. The maximum Gasteiger partial charge on any atom is 0.247 e. The molecule has 2 aliphatic rings. The quantitative estimate of drug-likeness (QED) is 0.176. The Bertz CT molecular complexity index is 1990. The molecule has 2 aliphatic heterocycles. The molecule has 2 fully saturated rings. The van der Waals surface area contributed by atoms with Crippen LogP contribution in [0.2, 0.25) is 0 Å². The number of fused-ring (bicyclic) bond motifs is 1. The first-order chi connectivity index (χ1) is 23.9. The molecule has 4 aromatic carbocycles. The SMILES string of the molecule is O=C(Nc1cccc(-c2cc3ccc(NC(=O)[C@@H]4CCCN4C(=O)Cc4ccccc4)cc3[nH]2)c1)[C@@H]1CCCN1C(=O)Cc1ccccc1. The number of H-pyrrole nitrogens is 1. The van der Waals surface area contributed by atoms with Crippen LogP contribution < -0.4 is 10.6 Å². The molecule has 0 unspecified atom stereocenters. The second-order valence-electron chi connectivity index (χ2n) is 12.9. The van der Waals surface area contributed by atoms with Crippen LogP contribution in [0, 0.1) is 0 Å². The number of benzene rings is 4. The normalized spacial score (nSPS) is 17.3. The third-order valence-electron chi connectivity index (χ3n) is 9.48. The molecule has 3 N–H and O–H groups in total. The van der Waals surface area contributed by atoms with E-state index in [2.05, 4.69) is 15.6 Å². The maximum atomic E-state index is 13.4. The predicted molar refractivity (Wildman–Crippen MR) is 191 cm³/mol. The van der Waals surface area contributed by atoms with E-state index in [0.29, 0.717) is 37.3 Å². The zero-order chi connectivity index (χ0) is 33.7. The van der Waals surface area contributed by atoms with Crippen LogP contribution in [-0.4, -0.2) is 63.6 Å². The Morgan fingerprint density at radius 1 is 0.612 bits per heavy atom. The van der Waals surface area contributed by atoms with Crippen LogP contribution in [-0.2, 0) is 32.0 Å². The molecule has 0 saturated carbocycles. The average Bonchev–Trinajstić information content (AvgIpc) is 3.89. The summed E-state index contributed by atoms with van der Waals surface area (Å²) in [7, 11) is 0. The van der Waals surface area contributed by atoms with Gasteiger partial charge in [-0.2, -0.15) is 0 Å². The number of hydrogen-bond donors (Lipinski definition) is 3. The van der Waals surface area contributed by atoms with Gasteiger partial charge in [-0.25, -0.2) is 0 Å². The number of rotatable bonds is 9. The Balaban J connectivity index is 0.997. The van der Waals surface area contributed by atoms with E-state index in [-0.39, 0.29) is 36.5 Å². The smallest absolute Gasteiger partial charge is 0.247 e. The molecule has 9 heteroatoms. The fourth-order valence-corrected chi connectivity index (χ4v) is 7.00. The number of aromatic nitrogens is 1. The van der Waals surface area contributed by atoms with Crippen molar-refractivity contribution in [1.29, 1.82) is 0 Å².